The van der Waals surface area contributed by atoms with Crippen molar-refractivity contribution in [2.75, 3.05) is 25.6 Å². The summed E-state index contributed by atoms with van der Waals surface area (Å²) < 4.78 is 6.16. The van der Waals surface area contributed by atoms with Gasteiger partial charge in [-0.1, -0.05) is 0 Å². The van der Waals surface area contributed by atoms with Gasteiger partial charge in [0.2, 0.25) is 0 Å². The molecule has 0 bridgehead atoms. The normalized spacial score (nSPS) is 10.2. The number of hydrogen-bond acceptors (Lipinski definition) is 5. The molecule has 100 valence electrons. The summed E-state index contributed by atoms with van der Waals surface area (Å²) in [7, 11) is 3.16. The maximum absolute atomic E-state index is 12.0. The molecule has 0 saturated heterocycles. The number of aryl methyl sites for hydroxylation is 1. The molecule has 18 heavy (non-hydrogen) atoms. The first-order valence-corrected chi connectivity index (χ1v) is 5.93. The van der Waals surface area contributed by atoms with Crippen molar-refractivity contribution in [3.05, 3.63) is 22.7 Å². The molecule has 6 nitrogen and oxygen atoms in total. The fourth-order valence-electron chi connectivity index (χ4n) is 1.62. The number of esters is 1. The quantitative estimate of drug-likeness (QED) is 0.697. The third-order valence-electron chi connectivity index (χ3n) is 2.70. The minimum Gasteiger partial charge on any atom is -0.469 e. The minimum absolute atomic E-state index is 0.111. The van der Waals surface area contributed by atoms with Crippen LogP contribution in [-0.4, -0.2) is 36.2 Å². The highest BCUT2D eigenvalue weighted by Crippen LogP contribution is 2.03. The van der Waals surface area contributed by atoms with E-state index >= 15 is 0 Å². The largest absolute Gasteiger partial charge is 0.469 e. The first-order valence-electron chi connectivity index (χ1n) is 5.93. The second-order valence-corrected chi connectivity index (χ2v) is 3.94. The van der Waals surface area contributed by atoms with Crippen LogP contribution < -0.4 is 10.5 Å². The van der Waals surface area contributed by atoms with Crippen molar-refractivity contribution in [2.45, 2.75) is 26.3 Å². The van der Waals surface area contributed by atoms with Gasteiger partial charge in [0.05, 0.1) is 7.11 Å². The number of aromatic nitrogens is 2. The molecular formula is C12H19N3O3. The number of anilines is 1. The zero-order valence-corrected chi connectivity index (χ0v) is 11.0. The molecule has 0 fully saturated rings. The first-order chi connectivity index (χ1) is 8.60. The zero-order valence-electron chi connectivity index (χ0n) is 11.0. The van der Waals surface area contributed by atoms with Crippen LogP contribution in [0.25, 0.3) is 0 Å². The maximum atomic E-state index is 12.0. The van der Waals surface area contributed by atoms with Crippen LogP contribution >= 0.6 is 0 Å². The summed E-state index contributed by atoms with van der Waals surface area (Å²) in [5, 5.41) is 0. The van der Waals surface area contributed by atoms with Crippen molar-refractivity contribution in [3.63, 3.8) is 0 Å². The summed E-state index contributed by atoms with van der Waals surface area (Å²) in [5.74, 6) is 0.166. The van der Waals surface area contributed by atoms with Gasteiger partial charge in [0.15, 0.2) is 5.82 Å². The molecule has 0 aliphatic carbocycles. The zero-order chi connectivity index (χ0) is 13.5. The lowest BCUT2D eigenvalue weighted by molar-refractivity contribution is -0.140. The Bertz CT molecular complexity index is 456. The summed E-state index contributed by atoms with van der Waals surface area (Å²) in [6, 6.07) is 0. The van der Waals surface area contributed by atoms with Gasteiger partial charge >= 0.3 is 5.97 Å². The standard InChI is InChI=1S/C12H19N3O3/c1-4-15-9-7-13-11(12(15)17)14(2)8-5-6-10(16)18-3/h7,9H,4-6,8H2,1-3H3. The number of nitrogens with zero attached hydrogens (tertiary/aromatic N) is 3. The van der Waals surface area contributed by atoms with E-state index in [4.69, 9.17) is 0 Å². The van der Waals surface area contributed by atoms with Gasteiger partial charge in [-0.2, -0.15) is 0 Å². The topological polar surface area (TPSA) is 64.4 Å². The summed E-state index contributed by atoms with van der Waals surface area (Å²) in [6.07, 6.45) is 4.24. The average Bonchev–Trinajstić information content (AvgIpc) is 2.38. The van der Waals surface area contributed by atoms with E-state index < -0.39 is 0 Å². The van der Waals surface area contributed by atoms with E-state index in [9.17, 15) is 9.59 Å². The molecule has 0 N–H and O–H groups in total. The third kappa shape index (κ3) is 3.58. The fraction of sp³-hybridized carbons (Fsp3) is 0.583. The van der Waals surface area contributed by atoms with E-state index in [1.807, 2.05) is 6.92 Å². The van der Waals surface area contributed by atoms with Crippen LogP contribution in [0.2, 0.25) is 0 Å². The molecular weight excluding hydrogens is 234 g/mol. The Kier molecular flexibility index (Phi) is 5.35. The Morgan fingerprint density at radius 3 is 2.89 bits per heavy atom. The van der Waals surface area contributed by atoms with E-state index in [1.165, 1.54) is 7.11 Å². The Hall–Kier alpha value is -1.85. The van der Waals surface area contributed by atoms with Crippen LogP contribution in [0.1, 0.15) is 19.8 Å². The van der Waals surface area contributed by atoms with Crippen LogP contribution in [0, 0.1) is 0 Å². The van der Waals surface area contributed by atoms with Crippen molar-refractivity contribution in [1.29, 1.82) is 0 Å². The lowest BCUT2D eigenvalue weighted by Gasteiger charge is -2.17. The smallest absolute Gasteiger partial charge is 0.305 e. The minimum atomic E-state index is -0.240. The molecule has 0 radical (unpaired) electrons. The summed E-state index contributed by atoms with van der Waals surface area (Å²) in [5.41, 5.74) is -0.111. The van der Waals surface area contributed by atoms with Crippen molar-refractivity contribution in [3.8, 4) is 0 Å². The van der Waals surface area contributed by atoms with Gasteiger partial charge < -0.3 is 14.2 Å². The second kappa shape index (κ2) is 6.78. The molecule has 0 unspecified atom stereocenters. The van der Waals surface area contributed by atoms with Crippen molar-refractivity contribution in [2.24, 2.45) is 0 Å². The summed E-state index contributed by atoms with van der Waals surface area (Å²) in [6.45, 7) is 3.11. The van der Waals surface area contributed by atoms with Gasteiger partial charge in [0, 0.05) is 39.0 Å². The van der Waals surface area contributed by atoms with Crippen molar-refractivity contribution >= 4 is 11.8 Å². The lowest BCUT2D eigenvalue weighted by Crippen LogP contribution is -2.31. The summed E-state index contributed by atoms with van der Waals surface area (Å²) in [4.78, 5) is 28.8. The van der Waals surface area contributed by atoms with Gasteiger partial charge in [0.1, 0.15) is 0 Å². The van der Waals surface area contributed by atoms with Crippen LogP contribution in [0.3, 0.4) is 0 Å². The number of carbonyl (C=O) groups excluding carboxylic acids is 1. The van der Waals surface area contributed by atoms with Gasteiger partial charge in [-0.15, -0.1) is 0 Å². The predicted octanol–water partition coefficient (Wildman–Crippen LogP) is 0.653. The molecule has 0 amide bonds. The second-order valence-electron chi connectivity index (χ2n) is 3.94. The number of rotatable bonds is 6. The Balaban J connectivity index is 2.64. The van der Waals surface area contributed by atoms with Gasteiger partial charge in [-0.3, -0.25) is 9.59 Å². The highest BCUT2D eigenvalue weighted by Gasteiger charge is 2.09. The number of carbonyl (C=O) groups is 1. The monoisotopic (exact) mass is 253 g/mol. The van der Waals surface area contributed by atoms with Crippen LogP contribution in [-0.2, 0) is 16.1 Å². The van der Waals surface area contributed by atoms with Crippen LogP contribution in [0.4, 0.5) is 5.82 Å². The molecule has 1 aromatic rings. The molecule has 0 aromatic carbocycles. The van der Waals surface area contributed by atoms with Crippen LogP contribution in [0.15, 0.2) is 17.2 Å². The molecule has 0 spiro atoms. The first kappa shape index (κ1) is 14.2. The predicted molar refractivity (Wildman–Crippen MR) is 68.7 cm³/mol. The average molecular weight is 253 g/mol. The molecule has 1 aromatic heterocycles. The van der Waals surface area contributed by atoms with E-state index in [0.29, 0.717) is 31.7 Å². The van der Waals surface area contributed by atoms with Crippen molar-refractivity contribution in [1.82, 2.24) is 9.55 Å². The summed E-state index contributed by atoms with van der Waals surface area (Å²) >= 11 is 0. The Morgan fingerprint density at radius 2 is 2.28 bits per heavy atom. The highest BCUT2D eigenvalue weighted by molar-refractivity contribution is 5.69. The molecule has 6 heteroatoms. The third-order valence-corrected chi connectivity index (χ3v) is 2.70. The van der Waals surface area contributed by atoms with Gasteiger partial charge in [-0.05, 0) is 13.3 Å². The molecule has 1 heterocycles. The van der Waals surface area contributed by atoms with E-state index in [-0.39, 0.29) is 11.5 Å². The van der Waals surface area contributed by atoms with E-state index in [1.54, 1.807) is 28.9 Å². The number of methoxy groups -OCH3 is 1. The lowest BCUT2D eigenvalue weighted by atomic mass is 10.3. The number of hydrogen-bond donors (Lipinski definition) is 0. The highest BCUT2D eigenvalue weighted by atomic mass is 16.5. The molecule has 0 aliphatic heterocycles. The Labute approximate surface area is 106 Å². The van der Waals surface area contributed by atoms with Gasteiger partial charge in [-0.25, -0.2) is 4.98 Å². The number of ether oxygens (including phenoxy) is 1. The van der Waals surface area contributed by atoms with Crippen LogP contribution in [0.5, 0.6) is 0 Å². The van der Waals surface area contributed by atoms with Crippen molar-refractivity contribution < 1.29 is 9.53 Å². The fourth-order valence-corrected chi connectivity index (χ4v) is 1.62. The van der Waals surface area contributed by atoms with E-state index in [2.05, 4.69) is 9.72 Å². The van der Waals surface area contributed by atoms with Gasteiger partial charge in [0.25, 0.3) is 5.56 Å². The Morgan fingerprint density at radius 1 is 1.56 bits per heavy atom. The molecule has 0 saturated carbocycles. The maximum Gasteiger partial charge on any atom is 0.305 e. The SMILES string of the molecule is CCn1ccnc(N(C)CCCC(=O)OC)c1=O. The molecule has 0 aliphatic rings. The molecule has 1 rings (SSSR count). The van der Waals surface area contributed by atoms with E-state index in [0.717, 1.165) is 0 Å². The molecule has 0 atom stereocenters.